The highest BCUT2D eigenvalue weighted by Gasteiger charge is 2.14. The van der Waals surface area contributed by atoms with Gasteiger partial charge in [-0.2, -0.15) is 0 Å². The standard InChI is InChI=1S/C23H17Br2NO4/c1-29-21-13-16(14-26-18-7-9-19(27)10-8-18)12-20(25)23(21)30-22(28)11-4-15-2-5-17(24)6-3-15/h2-14,27H,1H3/b11-4+,26-14?. The van der Waals surface area contributed by atoms with Crippen molar-refractivity contribution < 1.29 is 19.4 Å². The van der Waals surface area contributed by atoms with E-state index < -0.39 is 5.97 Å². The molecule has 7 heteroatoms. The van der Waals surface area contributed by atoms with E-state index in [0.29, 0.717) is 15.9 Å². The molecule has 5 nitrogen and oxygen atoms in total. The predicted octanol–water partition coefficient (Wildman–Crippen LogP) is 6.30. The van der Waals surface area contributed by atoms with Crippen molar-refractivity contribution in [2.45, 2.75) is 0 Å². The van der Waals surface area contributed by atoms with E-state index in [4.69, 9.17) is 9.47 Å². The summed E-state index contributed by atoms with van der Waals surface area (Å²) in [5.74, 6) is 0.327. The lowest BCUT2D eigenvalue weighted by Gasteiger charge is -2.11. The number of hydrogen-bond donors (Lipinski definition) is 1. The smallest absolute Gasteiger partial charge is 0.336 e. The van der Waals surface area contributed by atoms with Gasteiger partial charge in [-0.1, -0.05) is 28.1 Å². The van der Waals surface area contributed by atoms with Crippen LogP contribution >= 0.6 is 31.9 Å². The summed E-state index contributed by atoms with van der Waals surface area (Å²) >= 11 is 6.80. The van der Waals surface area contributed by atoms with Gasteiger partial charge in [0, 0.05) is 16.8 Å². The largest absolute Gasteiger partial charge is 0.508 e. The van der Waals surface area contributed by atoms with E-state index in [1.165, 1.54) is 13.2 Å². The molecule has 0 amide bonds. The summed E-state index contributed by atoms with van der Waals surface area (Å²) in [5, 5.41) is 9.34. The molecule has 0 atom stereocenters. The number of phenolic OH excluding ortho intramolecular Hbond substituents is 1. The Balaban J connectivity index is 1.75. The molecule has 0 aliphatic carbocycles. The molecule has 3 aromatic rings. The van der Waals surface area contributed by atoms with Crippen LogP contribution in [0.2, 0.25) is 0 Å². The Morgan fingerprint density at radius 1 is 1.00 bits per heavy atom. The SMILES string of the molecule is COc1cc(C=Nc2ccc(O)cc2)cc(Br)c1OC(=O)/C=C/c1ccc(Br)cc1. The van der Waals surface area contributed by atoms with Gasteiger partial charge < -0.3 is 14.6 Å². The zero-order valence-electron chi connectivity index (χ0n) is 15.9. The molecule has 0 aliphatic rings. The van der Waals surface area contributed by atoms with Gasteiger partial charge in [-0.3, -0.25) is 4.99 Å². The fourth-order valence-corrected chi connectivity index (χ4v) is 3.28. The minimum Gasteiger partial charge on any atom is -0.508 e. The quantitative estimate of drug-likeness (QED) is 0.176. The van der Waals surface area contributed by atoms with Gasteiger partial charge in [-0.05, 0) is 81.7 Å². The van der Waals surface area contributed by atoms with E-state index in [0.717, 1.165) is 15.6 Å². The van der Waals surface area contributed by atoms with Gasteiger partial charge in [-0.15, -0.1) is 0 Å². The van der Waals surface area contributed by atoms with Crippen molar-refractivity contribution in [1.82, 2.24) is 0 Å². The number of benzene rings is 3. The van der Waals surface area contributed by atoms with E-state index in [1.54, 1.807) is 48.7 Å². The van der Waals surface area contributed by atoms with Crippen LogP contribution in [0.25, 0.3) is 6.08 Å². The van der Waals surface area contributed by atoms with Crippen molar-refractivity contribution in [1.29, 1.82) is 0 Å². The molecular formula is C23H17Br2NO4. The molecule has 152 valence electrons. The monoisotopic (exact) mass is 529 g/mol. The zero-order valence-corrected chi connectivity index (χ0v) is 19.1. The lowest BCUT2D eigenvalue weighted by molar-refractivity contribution is -0.129. The van der Waals surface area contributed by atoms with E-state index >= 15 is 0 Å². The molecule has 0 spiro atoms. The number of methoxy groups -OCH3 is 1. The average Bonchev–Trinajstić information content (AvgIpc) is 2.74. The molecule has 0 heterocycles. The van der Waals surface area contributed by atoms with Crippen molar-refractivity contribution >= 4 is 55.8 Å². The van der Waals surface area contributed by atoms with Crippen LogP contribution in [0.4, 0.5) is 5.69 Å². The van der Waals surface area contributed by atoms with Crippen LogP contribution in [-0.2, 0) is 4.79 Å². The van der Waals surface area contributed by atoms with Crippen LogP contribution < -0.4 is 9.47 Å². The molecular weight excluding hydrogens is 514 g/mol. The summed E-state index contributed by atoms with van der Waals surface area (Å²) in [4.78, 5) is 16.6. The Morgan fingerprint density at radius 3 is 2.37 bits per heavy atom. The van der Waals surface area contributed by atoms with Crippen molar-refractivity contribution in [2.75, 3.05) is 7.11 Å². The van der Waals surface area contributed by atoms with Crippen LogP contribution in [0, 0.1) is 0 Å². The minimum atomic E-state index is -0.526. The van der Waals surface area contributed by atoms with Gasteiger partial charge in [0.25, 0.3) is 0 Å². The second kappa shape index (κ2) is 10.2. The summed E-state index contributed by atoms with van der Waals surface area (Å²) in [6.45, 7) is 0. The Bertz CT molecular complexity index is 1090. The third-order valence-electron chi connectivity index (χ3n) is 3.95. The number of aromatic hydroxyl groups is 1. The number of esters is 1. The van der Waals surface area contributed by atoms with Crippen LogP contribution in [0.5, 0.6) is 17.2 Å². The molecule has 3 rings (SSSR count). The second-order valence-electron chi connectivity index (χ2n) is 6.11. The number of nitrogens with zero attached hydrogens (tertiary/aromatic N) is 1. The topological polar surface area (TPSA) is 68.1 Å². The number of carbonyl (C=O) groups is 1. The summed E-state index contributed by atoms with van der Waals surface area (Å²) in [6.07, 6.45) is 4.68. The number of aliphatic imine (C=N–C) groups is 1. The first-order chi connectivity index (χ1) is 14.4. The highest BCUT2D eigenvalue weighted by molar-refractivity contribution is 9.10. The normalized spacial score (nSPS) is 11.2. The first kappa shape index (κ1) is 21.8. The second-order valence-corrected chi connectivity index (χ2v) is 7.88. The van der Waals surface area contributed by atoms with Crippen LogP contribution in [-0.4, -0.2) is 24.4 Å². The number of phenols is 1. The van der Waals surface area contributed by atoms with Crippen LogP contribution in [0.3, 0.4) is 0 Å². The van der Waals surface area contributed by atoms with E-state index in [1.807, 2.05) is 24.3 Å². The predicted molar refractivity (Wildman–Crippen MR) is 125 cm³/mol. The average molecular weight is 531 g/mol. The van der Waals surface area contributed by atoms with E-state index in [2.05, 4.69) is 36.9 Å². The summed E-state index contributed by atoms with van der Waals surface area (Å²) in [5.41, 5.74) is 2.32. The number of halogens is 2. The van der Waals surface area contributed by atoms with E-state index in [9.17, 15) is 9.90 Å². The van der Waals surface area contributed by atoms with Gasteiger partial charge in [-0.25, -0.2) is 4.79 Å². The Labute approximate surface area is 190 Å². The first-order valence-electron chi connectivity index (χ1n) is 8.80. The third-order valence-corrected chi connectivity index (χ3v) is 5.07. The highest BCUT2D eigenvalue weighted by atomic mass is 79.9. The third kappa shape index (κ3) is 6.05. The highest BCUT2D eigenvalue weighted by Crippen LogP contribution is 2.36. The Morgan fingerprint density at radius 2 is 1.70 bits per heavy atom. The molecule has 30 heavy (non-hydrogen) atoms. The van der Waals surface area contributed by atoms with Crippen LogP contribution in [0.1, 0.15) is 11.1 Å². The Kier molecular flexibility index (Phi) is 7.43. The van der Waals surface area contributed by atoms with Crippen molar-refractivity contribution in [3.05, 3.63) is 86.8 Å². The molecule has 0 radical (unpaired) electrons. The molecule has 0 unspecified atom stereocenters. The molecule has 0 saturated carbocycles. The van der Waals surface area contributed by atoms with Gasteiger partial charge >= 0.3 is 5.97 Å². The number of ether oxygens (including phenoxy) is 2. The maximum Gasteiger partial charge on any atom is 0.336 e. The molecule has 0 fully saturated rings. The fourth-order valence-electron chi connectivity index (χ4n) is 2.47. The van der Waals surface area contributed by atoms with Gasteiger partial charge in [0.05, 0.1) is 17.3 Å². The molecule has 0 bridgehead atoms. The van der Waals surface area contributed by atoms with Crippen molar-refractivity contribution in [3.8, 4) is 17.2 Å². The Hall–Kier alpha value is -2.90. The van der Waals surface area contributed by atoms with Gasteiger partial charge in [0.1, 0.15) is 5.75 Å². The summed E-state index contributed by atoms with van der Waals surface area (Å²) < 4.78 is 12.4. The fraction of sp³-hybridized carbons (Fsp3) is 0.0435. The molecule has 1 N–H and O–H groups in total. The van der Waals surface area contributed by atoms with E-state index in [-0.39, 0.29) is 11.5 Å². The molecule has 3 aromatic carbocycles. The number of rotatable bonds is 6. The summed E-state index contributed by atoms with van der Waals surface area (Å²) in [6, 6.07) is 17.6. The lowest BCUT2D eigenvalue weighted by Crippen LogP contribution is -2.06. The minimum absolute atomic E-state index is 0.179. The zero-order chi connectivity index (χ0) is 21.5. The number of hydrogen-bond acceptors (Lipinski definition) is 5. The van der Waals surface area contributed by atoms with Crippen molar-refractivity contribution in [2.24, 2.45) is 4.99 Å². The molecule has 0 aromatic heterocycles. The van der Waals surface area contributed by atoms with Crippen LogP contribution in [0.15, 0.2) is 80.7 Å². The van der Waals surface area contributed by atoms with Gasteiger partial charge in [0.2, 0.25) is 0 Å². The van der Waals surface area contributed by atoms with Crippen molar-refractivity contribution in [3.63, 3.8) is 0 Å². The summed E-state index contributed by atoms with van der Waals surface area (Å²) in [7, 11) is 1.50. The first-order valence-corrected chi connectivity index (χ1v) is 10.4. The maximum absolute atomic E-state index is 12.3. The molecule has 0 aliphatic heterocycles. The number of carbonyl (C=O) groups excluding carboxylic acids is 1. The maximum atomic E-state index is 12.3. The molecule has 0 saturated heterocycles. The lowest BCUT2D eigenvalue weighted by atomic mass is 10.2. The van der Waals surface area contributed by atoms with Gasteiger partial charge in [0.15, 0.2) is 11.5 Å².